The van der Waals surface area contributed by atoms with Crippen LogP contribution in [0.15, 0.2) is 83.8 Å². The third-order valence-corrected chi connectivity index (χ3v) is 5.46. The van der Waals surface area contributed by atoms with Crippen molar-refractivity contribution in [3.63, 3.8) is 0 Å². The number of carbonyl (C=O) groups is 1. The number of nitrogens with one attached hydrogen (secondary N) is 2. The number of methoxy groups -OCH3 is 1. The SMILES string of the molecule is COc1ccc(CNC(=O)c2ccc(S(=O)(=O)Nc3ccccc3)cc2)cc1. The zero-order chi connectivity index (χ0) is 20.0. The summed E-state index contributed by atoms with van der Waals surface area (Å²) in [5.41, 5.74) is 1.79. The summed E-state index contributed by atoms with van der Waals surface area (Å²) in [5.74, 6) is 0.465. The van der Waals surface area contributed by atoms with Crippen LogP contribution in [-0.2, 0) is 16.6 Å². The second-order valence-corrected chi connectivity index (χ2v) is 7.71. The minimum absolute atomic E-state index is 0.0862. The maximum atomic E-state index is 12.4. The highest BCUT2D eigenvalue weighted by atomic mass is 32.2. The summed E-state index contributed by atoms with van der Waals surface area (Å²) < 4.78 is 32.4. The van der Waals surface area contributed by atoms with Gasteiger partial charge >= 0.3 is 0 Å². The second kappa shape index (κ2) is 8.58. The maximum Gasteiger partial charge on any atom is 0.261 e. The van der Waals surface area contributed by atoms with Crippen LogP contribution in [0.25, 0.3) is 0 Å². The van der Waals surface area contributed by atoms with E-state index in [-0.39, 0.29) is 10.8 Å². The minimum atomic E-state index is -3.71. The Kier molecular flexibility index (Phi) is 5.96. The first-order chi connectivity index (χ1) is 13.5. The van der Waals surface area contributed by atoms with Gasteiger partial charge in [-0.3, -0.25) is 9.52 Å². The Hall–Kier alpha value is -3.32. The summed E-state index contributed by atoms with van der Waals surface area (Å²) in [5, 5.41) is 2.81. The normalized spacial score (nSPS) is 10.9. The highest BCUT2D eigenvalue weighted by Crippen LogP contribution is 2.16. The van der Waals surface area contributed by atoms with Crippen LogP contribution in [0.4, 0.5) is 5.69 Å². The summed E-state index contributed by atoms with van der Waals surface area (Å²) >= 11 is 0. The van der Waals surface area contributed by atoms with Crippen LogP contribution >= 0.6 is 0 Å². The fraction of sp³-hybridized carbons (Fsp3) is 0.0952. The maximum absolute atomic E-state index is 12.4. The van der Waals surface area contributed by atoms with Gasteiger partial charge in [0.1, 0.15) is 5.75 Å². The van der Waals surface area contributed by atoms with Crippen LogP contribution < -0.4 is 14.8 Å². The van der Waals surface area contributed by atoms with Crippen molar-refractivity contribution in [2.45, 2.75) is 11.4 Å². The highest BCUT2D eigenvalue weighted by Gasteiger charge is 2.15. The lowest BCUT2D eigenvalue weighted by atomic mass is 10.2. The molecule has 0 atom stereocenters. The van der Waals surface area contributed by atoms with E-state index in [2.05, 4.69) is 10.0 Å². The molecule has 0 fully saturated rings. The Morgan fingerprint density at radius 1 is 0.893 bits per heavy atom. The number of sulfonamides is 1. The molecular weight excluding hydrogens is 376 g/mol. The third kappa shape index (κ3) is 4.89. The van der Waals surface area contributed by atoms with Crippen molar-refractivity contribution in [3.05, 3.63) is 90.0 Å². The minimum Gasteiger partial charge on any atom is -0.497 e. The lowest BCUT2D eigenvalue weighted by molar-refractivity contribution is 0.0951. The monoisotopic (exact) mass is 396 g/mol. The van der Waals surface area contributed by atoms with Crippen molar-refractivity contribution in [3.8, 4) is 5.75 Å². The number of para-hydroxylation sites is 1. The van der Waals surface area contributed by atoms with Gasteiger partial charge in [0.2, 0.25) is 0 Å². The van der Waals surface area contributed by atoms with Gasteiger partial charge in [0.25, 0.3) is 15.9 Å². The number of hydrogen-bond acceptors (Lipinski definition) is 4. The molecule has 0 aromatic heterocycles. The first kappa shape index (κ1) is 19.4. The Balaban J connectivity index is 1.63. The van der Waals surface area contributed by atoms with Crippen molar-refractivity contribution in [2.75, 3.05) is 11.8 Å². The van der Waals surface area contributed by atoms with E-state index in [1.165, 1.54) is 24.3 Å². The predicted molar refractivity (Wildman–Crippen MR) is 108 cm³/mol. The first-order valence-corrected chi connectivity index (χ1v) is 10.1. The molecule has 2 N–H and O–H groups in total. The quantitative estimate of drug-likeness (QED) is 0.641. The molecule has 7 heteroatoms. The molecule has 3 aromatic carbocycles. The van der Waals surface area contributed by atoms with E-state index in [9.17, 15) is 13.2 Å². The van der Waals surface area contributed by atoms with E-state index in [1.807, 2.05) is 24.3 Å². The van der Waals surface area contributed by atoms with Crippen LogP contribution in [-0.4, -0.2) is 21.4 Å². The van der Waals surface area contributed by atoms with Gasteiger partial charge in [-0.15, -0.1) is 0 Å². The average molecular weight is 396 g/mol. The molecule has 6 nitrogen and oxygen atoms in total. The molecule has 0 spiro atoms. The molecule has 0 aliphatic carbocycles. The summed E-state index contributed by atoms with van der Waals surface area (Å²) in [6.45, 7) is 0.360. The number of anilines is 1. The van der Waals surface area contributed by atoms with Gasteiger partial charge in [-0.1, -0.05) is 30.3 Å². The molecule has 0 bridgehead atoms. The molecule has 0 aliphatic rings. The smallest absolute Gasteiger partial charge is 0.261 e. The molecule has 0 saturated carbocycles. The van der Waals surface area contributed by atoms with Crippen LogP contribution in [0.1, 0.15) is 15.9 Å². The number of ether oxygens (including phenoxy) is 1. The van der Waals surface area contributed by atoms with Crippen molar-refractivity contribution in [1.82, 2.24) is 5.32 Å². The summed E-state index contributed by atoms with van der Waals surface area (Å²) in [7, 11) is -2.12. The number of benzene rings is 3. The van der Waals surface area contributed by atoms with Crippen LogP contribution in [0, 0.1) is 0 Å². The number of amides is 1. The van der Waals surface area contributed by atoms with Crippen molar-refractivity contribution < 1.29 is 17.9 Å². The van der Waals surface area contributed by atoms with Crippen molar-refractivity contribution in [1.29, 1.82) is 0 Å². The molecule has 0 saturated heterocycles. The van der Waals surface area contributed by atoms with Gasteiger partial charge in [0.05, 0.1) is 12.0 Å². The van der Waals surface area contributed by atoms with E-state index < -0.39 is 10.0 Å². The van der Waals surface area contributed by atoms with E-state index in [0.29, 0.717) is 17.8 Å². The van der Waals surface area contributed by atoms with E-state index in [1.54, 1.807) is 37.4 Å². The van der Waals surface area contributed by atoms with E-state index >= 15 is 0 Å². The molecular formula is C21H20N2O4S. The molecule has 144 valence electrons. The van der Waals surface area contributed by atoms with Gasteiger partial charge < -0.3 is 10.1 Å². The molecule has 0 aliphatic heterocycles. The third-order valence-electron chi connectivity index (χ3n) is 4.06. The molecule has 3 aromatic rings. The zero-order valence-corrected chi connectivity index (χ0v) is 16.1. The Labute approximate surface area is 164 Å². The second-order valence-electron chi connectivity index (χ2n) is 6.03. The molecule has 0 unspecified atom stereocenters. The number of rotatable bonds is 7. The number of carbonyl (C=O) groups excluding carboxylic acids is 1. The van der Waals surface area contributed by atoms with Gasteiger partial charge in [-0.05, 0) is 54.1 Å². The topological polar surface area (TPSA) is 84.5 Å². The lowest BCUT2D eigenvalue weighted by Crippen LogP contribution is -2.23. The van der Waals surface area contributed by atoms with Gasteiger partial charge in [0, 0.05) is 17.8 Å². The highest BCUT2D eigenvalue weighted by molar-refractivity contribution is 7.92. The fourth-order valence-corrected chi connectivity index (χ4v) is 3.59. The molecule has 0 heterocycles. The largest absolute Gasteiger partial charge is 0.497 e. The molecule has 3 rings (SSSR count). The van der Waals surface area contributed by atoms with Gasteiger partial charge in [-0.2, -0.15) is 0 Å². The molecule has 1 amide bonds. The van der Waals surface area contributed by atoms with Crippen molar-refractivity contribution >= 4 is 21.6 Å². The van der Waals surface area contributed by atoms with E-state index in [0.717, 1.165) is 11.3 Å². The first-order valence-electron chi connectivity index (χ1n) is 8.57. The average Bonchev–Trinajstić information content (AvgIpc) is 2.73. The lowest BCUT2D eigenvalue weighted by Gasteiger charge is -2.09. The number of hydrogen-bond donors (Lipinski definition) is 2. The zero-order valence-electron chi connectivity index (χ0n) is 15.3. The van der Waals surface area contributed by atoms with Crippen molar-refractivity contribution in [2.24, 2.45) is 0 Å². The van der Waals surface area contributed by atoms with Gasteiger partial charge in [0.15, 0.2) is 0 Å². The summed E-state index contributed by atoms with van der Waals surface area (Å²) in [4.78, 5) is 12.4. The predicted octanol–water partition coefficient (Wildman–Crippen LogP) is 3.43. The van der Waals surface area contributed by atoms with Crippen LogP contribution in [0.2, 0.25) is 0 Å². The Morgan fingerprint density at radius 2 is 1.54 bits per heavy atom. The molecule has 28 heavy (non-hydrogen) atoms. The summed E-state index contributed by atoms with van der Waals surface area (Å²) in [6.07, 6.45) is 0. The van der Waals surface area contributed by atoms with Crippen LogP contribution in [0.3, 0.4) is 0 Å². The Bertz CT molecular complexity index is 1030. The Morgan fingerprint density at radius 3 is 2.14 bits per heavy atom. The summed E-state index contributed by atoms with van der Waals surface area (Å²) in [6, 6.07) is 21.8. The molecule has 0 radical (unpaired) electrons. The van der Waals surface area contributed by atoms with Crippen LogP contribution in [0.5, 0.6) is 5.75 Å². The standard InChI is InChI=1S/C21H20N2O4S/c1-27-19-11-7-16(8-12-19)15-22-21(24)17-9-13-20(14-10-17)28(25,26)23-18-5-3-2-4-6-18/h2-14,23H,15H2,1H3,(H,22,24). The fourth-order valence-electron chi connectivity index (χ4n) is 2.53. The van der Waals surface area contributed by atoms with E-state index in [4.69, 9.17) is 4.74 Å². The van der Waals surface area contributed by atoms with Gasteiger partial charge in [-0.25, -0.2) is 8.42 Å².